The lowest BCUT2D eigenvalue weighted by molar-refractivity contribution is -0.123. The Balaban J connectivity index is 2.09. The van der Waals surface area contributed by atoms with Gasteiger partial charge >= 0.3 is 0 Å². The van der Waals surface area contributed by atoms with Gasteiger partial charge in [-0.2, -0.15) is 0 Å². The van der Waals surface area contributed by atoms with Crippen molar-refractivity contribution in [3.05, 3.63) is 23.8 Å². The molecule has 1 atom stereocenters. The maximum Gasteiger partial charge on any atom is 0.274 e. The number of nitrogens with zero attached hydrogens (tertiary/aromatic N) is 3. The first-order valence-electron chi connectivity index (χ1n) is 7.83. The summed E-state index contributed by atoms with van der Waals surface area (Å²) in [5.41, 5.74) is 0.589. The van der Waals surface area contributed by atoms with Crippen molar-refractivity contribution in [1.82, 2.24) is 20.2 Å². The lowest BCUT2D eigenvalue weighted by Crippen LogP contribution is -2.52. The smallest absolute Gasteiger partial charge is 0.274 e. The molecule has 0 radical (unpaired) electrons. The highest BCUT2D eigenvalue weighted by atomic mass is 16.5. The van der Waals surface area contributed by atoms with Crippen LogP contribution in [0.1, 0.15) is 41.9 Å². The van der Waals surface area contributed by atoms with Gasteiger partial charge in [-0.25, -0.2) is 4.98 Å². The second-order valence-electron chi connectivity index (χ2n) is 5.94. The van der Waals surface area contributed by atoms with Crippen molar-refractivity contribution in [3.63, 3.8) is 0 Å². The van der Waals surface area contributed by atoms with Crippen molar-refractivity contribution in [2.24, 2.45) is 0 Å². The molecule has 0 aromatic carbocycles. The highest BCUT2D eigenvalue weighted by molar-refractivity contribution is 5.92. The Bertz CT molecular complexity index is 578. The van der Waals surface area contributed by atoms with Crippen LogP contribution in [0.4, 0.5) is 0 Å². The third-order valence-corrected chi connectivity index (χ3v) is 4.32. The van der Waals surface area contributed by atoms with E-state index in [-0.39, 0.29) is 11.8 Å². The van der Waals surface area contributed by atoms with Crippen LogP contribution < -0.4 is 5.32 Å². The Morgan fingerprint density at radius 3 is 2.87 bits per heavy atom. The van der Waals surface area contributed by atoms with Gasteiger partial charge in [-0.15, -0.1) is 0 Å². The Labute approximate surface area is 136 Å². The summed E-state index contributed by atoms with van der Waals surface area (Å²) in [4.78, 5) is 34.2. The van der Waals surface area contributed by atoms with E-state index in [0.717, 1.165) is 12.8 Å². The van der Waals surface area contributed by atoms with E-state index in [1.54, 1.807) is 25.3 Å². The van der Waals surface area contributed by atoms with Gasteiger partial charge in [0.15, 0.2) is 0 Å². The number of methoxy groups -OCH3 is 1. The second kappa shape index (κ2) is 7.50. The van der Waals surface area contributed by atoms with Gasteiger partial charge in [-0.05, 0) is 26.2 Å². The Kier molecular flexibility index (Phi) is 5.65. The third-order valence-electron chi connectivity index (χ3n) is 4.32. The molecular formula is C16H24N4O3. The highest BCUT2D eigenvalue weighted by Gasteiger charge is 2.38. The number of likely N-dealkylation sites (tertiary alicyclic amines) is 1. The normalized spacial score (nSPS) is 21.1. The average molecular weight is 320 g/mol. The van der Waals surface area contributed by atoms with Crippen LogP contribution in [0.2, 0.25) is 0 Å². The van der Waals surface area contributed by atoms with E-state index in [1.165, 1.54) is 6.20 Å². The zero-order valence-corrected chi connectivity index (χ0v) is 14.0. The second-order valence-corrected chi connectivity index (χ2v) is 5.94. The Hall–Kier alpha value is -2.02. The molecule has 2 amide bonds. The summed E-state index contributed by atoms with van der Waals surface area (Å²) in [6, 6.07) is 0. The lowest BCUT2D eigenvalue weighted by Gasteiger charge is -2.41. The summed E-state index contributed by atoms with van der Waals surface area (Å²) in [5, 5.41) is 2.62. The van der Waals surface area contributed by atoms with Gasteiger partial charge in [0, 0.05) is 33.3 Å². The van der Waals surface area contributed by atoms with Gasteiger partial charge < -0.3 is 15.0 Å². The van der Waals surface area contributed by atoms with Crippen molar-refractivity contribution in [3.8, 4) is 0 Å². The monoisotopic (exact) mass is 320 g/mol. The van der Waals surface area contributed by atoms with Gasteiger partial charge in [0.1, 0.15) is 5.69 Å². The standard InChI is InChI=1S/C16H24N4O3/c1-12-9-18-10-13(19-12)15(22)20-8-4-6-16(11-20,23-3)7-5-14(21)17-2/h9-10H,4-8,11H2,1-3H3,(H,17,21)/t16-/m1/s1. The minimum atomic E-state index is -0.475. The summed E-state index contributed by atoms with van der Waals surface area (Å²) in [5.74, 6) is -0.156. The van der Waals surface area contributed by atoms with Gasteiger partial charge in [0.05, 0.1) is 24.0 Å². The van der Waals surface area contributed by atoms with Gasteiger partial charge in [-0.1, -0.05) is 0 Å². The van der Waals surface area contributed by atoms with Crippen LogP contribution in [0.5, 0.6) is 0 Å². The third kappa shape index (κ3) is 4.25. The van der Waals surface area contributed by atoms with E-state index < -0.39 is 5.60 Å². The van der Waals surface area contributed by atoms with Crippen molar-refractivity contribution >= 4 is 11.8 Å². The number of hydrogen-bond donors (Lipinski definition) is 1. The van der Waals surface area contributed by atoms with E-state index >= 15 is 0 Å². The predicted octanol–water partition coefficient (Wildman–Crippen LogP) is 0.932. The number of carbonyl (C=O) groups excluding carboxylic acids is 2. The molecule has 1 aromatic heterocycles. The molecule has 23 heavy (non-hydrogen) atoms. The van der Waals surface area contributed by atoms with E-state index in [9.17, 15) is 9.59 Å². The van der Waals surface area contributed by atoms with Crippen molar-refractivity contribution in [1.29, 1.82) is 0 Å². The van der Waals surface area contributed by atoms with Gasteiger partial charge in [0.25, 0.3) is 5.91 Å². The number of amides is 2. The van der Waals surface area contributed by atoms with Crippen molar-refractivity contribution < 1.29 is 14.3 Å². The molecule has 7 heteroatoms. The number of hydrogen-bond acceptors (Lipinski definition) is 5. The summed E-state index contributed by atoms with van der Waals surface area (Å²) < 4.78 is 5.70. The number of aryl methyl sites for hydroxylation is 1. The average Bonchev–Trinajstić information content (AvgIpc) is 2.59. The fourth-order valence-electron chi connectivity index (χ4n) is 2.94. The molecule has 0 aliphatic carbocycles. The molecule has 0 saturated carbocycles. The van der Waals surface area contributed by atoms with Crippen LogP contribution in [0.15, 0.2) is 12.4 Å². The first-order chi connectivity index (χ1) is 11.0. The van der Waals surface area contributed by atoms with Crippen LogP contribution in [-0.2, 0) is 9.53 Å². The van der Waals surface area contributed by atoms with Crippen LogP contribution in [0.3, 0.4) is 0 Å². The topological polar surface area (TPSA) is 84.4 Å². The Morgan fingerprint density at radius 1 is 1.43 bits per heavy atom. The van der Waals surface area contributed by atoms with Crippen molar-refractivity contribution in [2.45, 2.75) is 38.2 Å². The number of aromatic nitrogens is 2. The minimum absolute atomic E-state index is 0.0191. The lowest BCUT2D eigenvalue weighted by atomic mass is 9.87. The minimum Gasteiger partial charge on any atom is -0.376 e. The van der Waals surface area contributed by atoms with Gasteiger partial charge in [-0.3, -0.25) is 14.6 Å². The molecule has 2 rings (SSSR count). The molecule has 1 aliphatic heterocycles. The molecule has 1 fully saturated rings. The fourth-order valence-corrected chi connectivity index (χ4v) is 2.94. The zero-order valence-electron chi connectivity index (χ0n) is 14.0. The molecule has 7 nitrogen and oxygen atoms in total. The van der Waals surface area contributed by atoms with E-state index in [4.69, 9.17) is 4.74 Å². The van der Waals surface area contributed by atoms with E-state index in [0.29, 0.717) is 37.3 Å². The fraction of sp³-hybridized carbons (Fsp3) is 0.625. The number of piperidine rings is 1. The molecule has 1 aliphatic rings. The molecule has 0 unspecified atom stereocenters. The number of carbonyl (C=O) groups is 2. The van der Waals surface area contributed by atoms with Crippen molar-refractivity contribution in [2.75, 3.05) is 27.2 Å². The quantitative estimate of drug-likeness (QED) is 0.872. The number of ether oxygens (including phenoxy) is 1. The maximum absolute atomic E-state index is 12.6. The molecule has 126 valence electrons. The number of nitrogens with one attached hydrogen (secondary N) is 1. The van der Waals surface area contributed by atoms with Crippen LogP contribution >= 0.6 is 0 Å². The molecule has 1 saturated heterocycles. The van der Waals surface area contributed by atoms with Crippen LogP contribution in [0, 0.1) is 6.92 Å². The molecular weight excluding hydrogens is 296 g/mol. The summed E-state index contributed by atoms with van der Waals surface area (Å²) in [6.45, 7) is 2.94. The molecule has 1 aromatic rings. The largest absolute Gasteiger partial charge is 0.376 e. The molecule has 0 spiro atoms. The first kappa shape index (κ1) is 17.3. The molecule has 2 heterocycles. The van der Waals surface area contributed by atoms with Gasteiger partial charge in [0.2, 0.25) is 5.91 Å². The first-order valence-corrected chi connectivity index (χ1v) is 7.83. The zero-order chi connectivity index (χ0) is 16.9. The number of rotatable bonds is 5. The highest BCUT2D eigenvalue weighted by Crippen LogP contribution is 2.29. The maximum atomic E-state index is 12.6. The van der Waals surface area contributed by atoms with Crippen LogP contribution in [-0.4, -0.2) is 59.5 Å². The SMILES string of the molecule is CNC(=O)CC[C@]1(OC)CCCN(C(=O)c2cncc(C)n2)C1. The molecule has 1 N–H and O–H groups in total. The predicted molar refractivity (Wildman–Crippen MR) is 84.9 cm³/mol. The molecule has 0 bridgehead atoms. The summed E-state index contributed by atoms with van der Waals surface area (Å²) in [6.07, 6.45) is 5.76. The van der Waals surface area contributed by atoms with E-state index in [2.05, 4.69) is 15.3 Å². The van der Waals surface area contributed by atoms with Crippen LogP contribution in [0.25, 0.3) is 0 Å². The summed E-state index contributed by atoms with van der Waals surface area (Å²) >= 11 is 0. The summed E-state index contributed by atoms with van der Waals surface area (Å²) in [7, 11) is 3.26. The van der Waals surface area contributed by atoms with E-state index in [1.807, 2.05) is 6.92 Å². The Morgan fingerprint density at radius 2 is 2.22 bits per heavy atom.